The maximum absolute atomic E-state index is 5.96. The van der Waals surface area contributed by atoms with Crippen molar-refractivity contribution in [2.45, 2.75) is 0 Å². The number of nitrogens with zero attached hydrogens (tertiary/aromatic N) is 1. The summed E-state index contributed by atoms with van der Waals surface area (Å²) in [4.78, 5) is 4.20. The number of hydrogen-bond acceptors (Lipinski definition) is 1. The van der Waals surface area contributed by atoms with E-state index < -0.39 is 0 Å². The summed E-state index contributed by atoms with van der Waals surface area (Å²) in [6, 6.07) is 7.81. The van der Waals surface area contributed by atoms with Crippen molar-refractivity contribution < 1.29 is 0 Å². The first-order valence-corrected chi connectivity index (χ1v) is 4.93. The van der Waals surface area contributed by atoms with Gasteiger partial charge in [0.05, 0.1) is 10.5 Å². The Bertz CT molecular complexity index is 387. The molecule has 1 aromatic carbocycles. The highest BCUT2D eigenvalue weighted by atomic mass is 127. The third kappa shape index (κ3) is 1.29. The maximum atomic E-state index is 5.96. The first kappa shape index (κ1) is 8.26. The number of benzene rings is 1. The highest BCUT2D eigenvalue weighted by molar-refractivity contribution is 14.1. The molecular formula is C9H5ClIN. The second-order valence-electron chi connectivity index (χ2n) is 2.43. The SMILES string of the molecule is Clc1ccc(I)c2cccnc12. The number of hydrogen-bond donors (Lipinski definition) is 0. The van der Waals surface area contributed by atoms with E-state index in [1.165, 1.54) is 3.57 Å². The van der Waals surface area contributed by atoms with Gasteiger partial charge in [-0.2, -0.15) is 0 Å². The standard InChI is InChI=1S/C9H5ClIN/c10-7-3-4-8(11)6-2-1-5-12-9(6)7/h1-5H. The molecule has 0 spiro atoms. The summed E-state index contributed by atoms with van der Waals surface area (Å²) in [5.41, 5.74) is 0.881. The van der Waals surface area contributed by atoms with Gasteiger partial charge in [-0.25, -0.2) is 0 Å². The van der Waals surface area contributed by atoms with E-state index in [9.17, 15) is 0 Å². The van der Waals surface area contributed by atoms with E-state index in [1.807, 2.05) is 24.3 Å². The normalized spacial score (nSPS) is 10.5. The molecule has 0 unspecified atom stereocenters. The Morgan fingerprint density at radius 3 is 2.83 bits per heavy atom. The highest BCUT2D eigenvalue weighted by Crippen LogP contribution is 2.25. The summed E-state index contributed by atoms with van der Waals surface area (Å²) in [6.07, 6.45) is 1.75. The minimum atomic E-state index is 0.714. The van der Waals surface area contributed by atoms with E-state index in [0.29, 0.717) is 5.02 Å². The van der Waals surface area contributed by atoms with E-state index in [1.54, 1.807) is 6.20 Å². The van der Waals surface area contributed by atoms with Crippen LogP contribution in [0.1, 0.15) is 0 Å². The van der Waals surface area contributed by atoms with Crippen LogP contribution in [-0.4, -0.2) is 4.98 Å². The van der Waals surface area contributed by atoms with Crippen molar-refractivity contribution in [3.63, 3.8) is 0 Å². The van der Waals surface area contributed by atoms with Crippen molar-refractivity contribution >= 4 is 45.1 Å². The third-order valence-electron chi connectivity index (χ3n) is 1.67. The molecule has 1 aromatic heterocycles. The van der Waals surface area contributed by atoms with Crippen molar-refractivity contribution in [3.8, 4) is 0 Å². The molecular weight excluding hydrogens is 284 g/mol. The van der Waals surface area contributed by atoms with Gasteiger partial charge in [0.2, 0.25) is 0 Å². The zero-order valence-corrected chi connectivity index (χ0v) is 9.00. The molecule has 1 heterocycles. The Balaban J connectivity index is 2.95. The summed E-state index contributed by atoms with van der Waals surface area (Å²) < 4.78 is 1.18. The predicted molar refractivity (Wildman–Crippen MR) is 59.5 cm³/mol. The van der Waals surface area contributed by atoms with Crippen LogP contribution in [0.4, 0.5) is 0 Å². The van der Waals surface area contributed by atoms with Crippen molar-refractivity contribution in [2.75, 3.05) is 0 Å². The van der Waals surface area contributed by atoms with Crippen molar-refractivity contribution in [3.05, 3.63) is 39.1 Å². The van der Waals surface area contributed by atoms with Gasteiger partial charge < -0.3 is 0 Å². The molecule has 0 aliphatic carbocycles. The van der Waals surface area contributed by atoms with Gasteiger partial charge in [0, 0.05) is 15.2 Å². The second kappa shape index (κ2) is 3.18. The molecule has 1 nitrogen and oxygen atoms in total. The maximum Gasteiger partial charge on any atom is 0.0898 e. The van der Waals surface area contributed by atoms with Crippen molar-refractivity contribution in [1.82, 2.24) is 4.98 Å². The molecule has 3 heteroatoms. The van der Waals surface area contributed by atoms with E-state index in [-0.39, 0.29) is 0 Å². The predicted octanol–water partition coefficient (Wildman–Crippen LogP) is 3.49. The lowest BCUT2D eigenvalue weighted by molar-refractivity contribution is 1.41. The lowest BCUT2D eigenvalue weighted by Gasteiger charge is -2.00. The Morgan fingerprint density at radius 2 is 2.08 bits per heavy atom. The van der Waals surface area contributed by atoms with Gasteiger partial charge in [-0.05, 0) is 40.8 Å². The molecule has 0 aliphatic rings. The van der Waals surface area contributed by atoms with Crippen LogP contribution >= 0.6 is 34.2 Å². The average molecular weight is 290 g/mol. The molecule has 12 heavy (non-hydrogen) atoms. The number of aromatic nitrogens is 1. The molecule has 0 saturated heterocycles. The zero-order chi connectivity index (χ0) is 8.55. The van der Waals surface area contributed by atoms with Crippen molar-refractivity contribution in [1.29, 1.82) is 0 Å². The Kier molecular flexibility index (Phi) is 2.19. The Morgan fingerprint density at radius 1 is 1.25 bits per heavy atom. The Hall–Kier alpha value is -0.350. The van der Waals surface area contributed by atoms with Gasteiger partial charge in [-0.3, -0.25) is 4.98 Å². The van der Waals surface area contributed by atoms with E-state index in [0.717, 1.165) is 10.9 Å². The van der Waals surface area contributed by atoms with Gasteiger partial charge in [0.25, 0.3) is 0 Å². The summed E-state index contributed by atoms with van der Waals surface area (Å²) in [5.74, 6) is 0. The van der Waals surface area contributed by atoms with Crippen LogP contribution in [0.25, 0.3) is 10.9 Å². The first-order chi connectivity index (χ1) is 5.79. The molecule has 0 atom stereocenters. The lowest BCUT2D eigenvalue weighted by Crippen LogP contribution is -1.81. The van der Waals surface area contributed by atoms with Gasteiger partial charge in [0.15, 0.2) is 0 Å². The molecule has 0 amide bonds. The van der Waals surface area contributed by atoms with Crippen LogP contribution in [0, 0.1) is 3.57 Å². The van der Waals surface area contributed by atoms with Crippen LogP contribution in [-0.2, 0) is 0 Å². The monoisotopic (exact) mass is 289 g/mol. The fourth-order valence-electron chi connectivity index (χ4n) is 1.10. The molecule has 0 radical (unpaired) electrons. The number of halogens is 2. The van der Waals surface area contributed by atoms with E-state index in [2.05, 4.69) is 27.6 Å². The highest BCUT2D eigenvalue weighted by Gasteiger charge is 2.01. The molecule has 0 aliphatic heterocycles. The van der Waals surface area contributed by atoms with Gasteiger partial charge >= 0.3 is 0 Å². The molecule has 60 valence electrons. The zero-order valence-electron chi connectivity index (χ0n) is 6.09. The fourth-order valence-corrected chi connectivity index (χ4v) is 1.93. The number of rotatable bonds is 0. The Labute approximate surface area is 88.9 Å². The van der Waals surface area contributed by atoms with Crippen LogP contribution in [0.3, 0.4) is 0 Å². The molecule has 2 aromatic rings. The molecule has 0 saturated carbocycles. The van der Waals surface area contributed by atoms with Crippen molar-refractivity contribution in [2.24, 2.45) is 0 Å². The van der Waals surface area contributed by atoms with Gasteiger partial charge in [-0.1, -0.05) is 17.7 Å². The fraction of sp³-hybridized carbons (Fsp3) is 0. The van der Waals surface area contributed by atoms with Gasteiger partial charge in [0.1, 0.15) is 0 Å². The summed E-state index contributed by atoms with van der Waals surface area (Å²) in [6.45, 7) is 0. The average Bonchev–Trinajstić information content (AvgIpc) is 2.12. The molecule has 0 bridgehead atoms. The number of fused-ring (bicyclic) bond motifs is 1. The van der Waals surface area contributed by atoms with E-state index in [4.69, 9.17) is 11.6 Å². The van der Waals surface area contributed by atoms with E-state index >= 15 is 0 Å². The minimum Gasteiger partial charge on any atom is -0.255 e. The minimum absolute atomic E-state index is 0.714. The first-order valence-electron chi connectivity index (χ1n) is 3.48. The van der Waals surface area contributed by atoms with Crippen LogP contribution in [0.5, 0.6) is 0 Å². The summed E-state index contributed by atoms with van der Waals surface area (Å²) in [7, 11) is 0. The summed E-state index contributed by atoms with van der Waals surface area (Å²) >= 11 is 8.24. The number of pyridine rings is 1. The second-order valence-corrected chi connectivity index (χ2v) is 4.00. The third-order valence-corrected chi connectivity index (χ3v) is 2.91. The van der Waals surface area contributed by atoms with Crippen LogP contribution < -0.4 is 0 Å². The lowest BCUT2D eigenvalue weighted by atomic mass is 10.2. The largest absolute Gasteiger partial charge is 0.255 e. The van der Waals surface area contributed by atoms with Gasteiger partial charge in [-0.15, -0.1) is 0 Å². The molecule has 2 rings (SSSR count). The van der Waals surface area contributed by atoms with Crippen LogP contribution in [0.15, 0.2) is 30.5 Å². The summed E-state index contributed by atoms with van der Waals surface area (Å²) in [5, 5.41) is 1.83. The topological polar surface area (TPSA) is 12.9 Å². The quantitative estimate of drug-likeness (QED) is 0.677. The van der Waals surface area contributed by atoms with Crippen LogP contribution in [0.2, 0.25) is 5.02 Å². The molecule has 0 fully saturated rings. The molecule has 0 N–H and O–H groups in total. The smallest absolute Gasteiger partial charge is 0.0898 e.